The molecule has 0 aliphatic carbocycles. The van der Waals surface area contributed by atoms with Crippen molar-refractivity contribution in [1.29, 1.82) is 0 Å². The first kappa shape index (κ1) is 13.9. The quantitative estimate of drug-likeness (QED) is 0.868. The van der Waals surface area contributed by atoms with E-state index in [2.05, 4.69) is 43.3 Å². The van der Waals surface area contributed by atoms with Gasteiger partial charge in [0.2, 0.25) is 0 Å². The second kappa shape index (κ2) is 6.06. The van der Waals surface area contributed by atoms with Crippen LogP contribution in [0.25, 0.3) is 0 Å². The maximum absolute atomic E-state index is 5.41. The minimum Gasteiger partial charge on any atom is -0.469 e. The topological polar surface area (TPSA) is 43.0 Å². The van der Waals surface area contributed by atoms with Crippen LogP contribution in [0.1, 0.15) is 49.9 Å². The van der Waals surface area contributed by atoms with Gasteiger partial charge in [0.1, 0.15) is 5.76 Å². The summed E-state index contributed by atoms with van der Waals surface area (Å²) >= 11 is 0. The molecular formula is C15H23N3O. The van der Waals surface area contributed by atoms with Crippen LogP contribution in [0.15, 0.2) is 29.0 Å². The van der Waals surface area contributed by atoms with E-state index in [1.807, 2.05) is 24.1 Å². The van der Waals surface area contributed by atoms with Crippen LogP contribution in [0, 0.1) is 6.92 Å². The van der Waals surface area contributed by atoms with Crippen molar-refractivity contribution >= 4 is 0 Å². The van der Waals surface area contributed by atoms with Gasteiger partial charge in [-0.2, -0.15) is 5.10 Å². The molecule has 2 rings (SSSR count). The van der Waals surface area contributed by atoms with E-state index in [-0.39, 0.29) is 6.04 Å². The zero-order chi connectivity index (χ0) is 13.8. The third-order valence-electron chi connectivity index (χ3n) is 3.21. The second-order valence-electron chi connectivity index (χ2n) is 5.19. The summed E-state index contributed by atoms with van der Waals surface area (Å²) in [7, 11) is 0. The number of hydrogen-bond donors (Lipinski definition) is 1. The fraction of sp³-hybridized carbons (Fsp3) is 0.533. The molecule has 4 nitrogen and oxygen atoms in total. The lowest BCUT2D eigenvalue weighted by Crippen LogP contribution is -2.22. The first-order valence-corrected chi connectivity index (χ1v) is 6.92. The Labute approximate surface area is 114 Å². The van der Waals surface area contributed by atoms with Crippen LogP contribution >= 0.6 is 0 Å². The molecule has 1 atom stereocenters. The number of aromatic nitrogens is 2. The highest BCUT2D eigenvalue weighted by molar-refractivity contribution is 5.19. The first-order valence-electron chi connectivity index (χ1n) is 6.92. The van der Waals surface area contributed by atoms with Crippen molar-refractivity contribution in [1.82, 2.24) is 15.1 Å². The summed E-state index contributed by atoms with van der Waals surface area (Å²) < 4.78 is 7.41. The molecule has 0 aliphatic rings. The summed E-state index contributed by atoms with van der Waals surface area (Å²) in [5, 5.41) is 8.10. The molecular weight excluding hydrogens is 238 g/mol. The van der Waals surface area contributed by atoms with Crippen molar-refractivity contribution in [3.63, 3.8) is 0 Å². The minimum absolute atomic E-state index is 0.262. The van der Waals surface area contributed by atoms with Gasteiger partial charge in [-0.05, 0) is 39.4 Å². The molecule has 0 aromatic carbocycles. The van der Waals surface area contributed by atoms with Gasteiger partial charge in [-0.1, -0.05) is 6.92 Å². The Morgan fingerprint density at radius 3 is 2.74 bits per heavy atom. The molecule has 0 bridgehead atoms. The minimum atomic E-state index is 0.262. The highest BCUT2D eigenvalue weighted by Crippen LogP contribution is 2.20. The molecule has 1 N–H and O–H groups in total. The van der Waals surface area contributed by atoms with Crippen LogP contribution in [0.5, 0.6) is 0 Å². The molecule has 0 spiro atoms. The molecule has 0 radical (unpaired) electrons. The van der Waals surface area contributed by atoms with Gasteiger partial charge in [0, 0.05) is 30.3 Å². The Morgan fingerprint density at radius 1 is 1.42 bits per heavy atom. The average molecular weight is 261 g/mol. The molecule has 2 aromatic rings. The number of nitrogens with one attached hydrogen (secondary N) is 1. The van der Waals surface area contributed by atoms with Gasteiger partial charge in [0.05, 0.1) is 12.0 Å². The van der Waals surface area contributed by atoms with Crippen molar-refractivity contribution < 1.29 is 4.42 Å². The van der Waals surface area contributed by atoms with E-state index in [1.165, 1.54) is 5.56 Å². The van der Waals surface area contributed by atoms with Crippen molar-refractivity contribution in [3.8, 4) is 0 Å². The fourth-order valence-electron chi connectivity index (χ4n) is 2.18. The molecule has 104 valence electrons. The zero-order valence-electron chi connectivity index (χ0n) is 12.2. The first-order chi connectivity index (χ1) is 9.10. The van der Waals surface area contributed by atoms with Crippen LogP contribution in [0.2, 0.25) is 0 Å². The monoisotopic (exact) mass is 261 g/mol. The number of hydrogen-bond acceptors (Lipinski definition) is 3. The van der Waals surface area contributed by atoms with Crippen molar-refractivity contribution in [2.24, 2.45) is 0 Å². The maximum Gasteiger partial charge on any atom is 0.101 e. The lowest BCUT2D eigenvalue weighted by Gasteiger charge is -2.15. The smallest absolute Gasteiger partial charge is 0.101 e. The number of likely N-dealkylation sites (N-methyl/N-ethyl adjacent to an activating group) is 1. The normalized spacial score (nSPS) is 13.1. The van der Waals surface area contributed by atoms with E-state index in [9.17, 15) is 0 Å². The third kappa shape index (κ3) is 3.47. The van der Waals surface area contributed by atoms with Crippen LogP contribution in [0.4, 0.5) is 0 Å². The summed E-state index contributed by atoms with van der Waals surface area (Å²) in [4.78, 5) is 0. The molecule has 4 heteroatoms. The maximum atomic E-state index is 5.41. The number of rotatable bonds is 6. The van der Waals surface area contributed by atoms with Crippen molar-refractivity contribution in [2.75, 3.05) is 6.54 Å². The third-order valence-corrected chi connectivity index (χ3v) is 3.21. The molecule has 0 amide bonds. The molecule has 2 heterocycles. The van der Waals surface area contributed by atoms with E-state index in [0.717, 1.165) is 24.4 Å². The average Bonchev–Trinajstić information content (AvgIpc) is 2.97. The molecule has 0 saturated carbocycles. The number of aryl methyl sites for hydroxylation is 1. The lowest BCUT2D eigenvalue weighted by atomic mass is 10.0. The van der Waals surface area contributed by atoms with E-state index in [0.29, 0.717) is 6.04 Å². The molecule has 0 saturated heterocycles. The Morgan fingerprint density at radius 2 is 2.21 bits per heavy atom. The van der Waals surface area contributed by atoms with Crippen molar-refractivity contribution in [3.05, 3.63) is 41.6 Å². The van der Waals surface area contributed by atoms with Crippen LogP contribution in [0.3, 0.4) is 0 Å². The number of nitrogens with zero attached hydrogens (tertiary/aromatic N) is 2. The molecule has 1 unspecified atom stereocenters. The van der Waals surface area contributed by atoms with Crippen LogP contribution < -0.4 is 5.32 Å². The fourth-order valence-corrected chi connectivity index (χ4v) is 2.18. The van der Waals surface area contributed by atoms with E-state index in [4.69, 9.17) is 4.42 Å². The van der Waals surface area contributed by atoms with E-state index < -0.39 is 0 Å². The Hall–Kier alpha value is -1.55. The lowest BCUT2D eigenvalue weighted by molar-refractivity contribution is 0.496. The number of furan rings is 1. The Bertz CT molecular complexity index is 513. The predicted molar refractivity (Wildman–Crippen MR) is 76.2 cm³/mol. The van der Waals surface area contributed by atoms with Gasteiger partial charge in [-0.3, -0.25) is 4.68 Å². The Kier molecular flexibility index (Phi) is 4.43. The van der Waals surface area contributed by atoms with Gasteiger partial charge in [-0.25, -0.2) is 0 Å². The summed E-state index contributed by atoms with van der Waals surface area (Å²) in [5.74, 6) is 0.950. The summed E-state index contributed by atoms with van der Waals surface area (Å²) in [6.45, 7) is 9.29. The van der Waals surface area contributed by atoms with Crippen LogP contribution in [-0.2, 0) is 6.42 Å². The highest BCUT2D eigenvalue weighted by Gasteiger charge is 2.15. The Balaban J connectivity index is 2.11. The van der Waals surface area contributed by atoms with Gasteiger partial charge < -0.3 is 9.73 Å². The highest BCUT2D eigenvalue weighted by atomic mass is 16.3. The van der Waals surface area contributed by atoms with Gasteiger partial charge in [0.15, 0.2) is 0 Å². The van der Waals surface area contributed by atoms with E-state index >= 15 is 0 Å². The van der Waals surface area contributed by atoms with Gasteiger partial charge in [-0.15, -0.1) is 0 Å². The molecule has 2 aromatic heterocycles. The molecule has 19 heavy (non-hydrogen) atoms. The summed E-state index contributed by atoms with van der Waals surface area (Å²) in [5.41, 5.74) is 2.30. The molecule has 0 fully saturated rings. The largest absolute Gasteiger partial charge is 0.469 e. The van der Waals surface area contributed by atoms with E-state index in [1.54, 1.807) is 0 Å². The van der Waals surface area contributed by atoms with Crippen LogP contribution in [-0.4, -0.2) is 16.3 Å². The predicted octanol–water partition coefficient (Wildman–Crippen LogP) is 3.26. The SMILES string of the molecule is CCNC(Cc1ccn(C(C)C)n1)c1coc(C)c1. The van der Waals surface area contributed by atoms with Gasteiger partial charge in [0.25, 0.3) is 0 Å². The summed E-state index contributed by atoms with van der Waals surface area (Å²) in [6, 6.07) is 4.85. The second-order valence-corrected chi connectivity index (χ2v) is 5.19. The molecule has 0 aliphatic heterocycles. The van der Waals surface area contributed by atoms with Crippen molar-refractivity contribution in [2.45, 2.75) is 46.2 Å². The van der Waals surface area contributed by atoms with Gasteiger partial charge >= 0.3 is 0 Å². The summed E-state index contributed by atoms with van der Waals surface area (Å²) in [6.07, 6.45) is 4.76. The zero-order valence-corrected chi connectivity index (χ0v) is 12.2. The standard InChI is InChI=1S/C15H23N3O/c1-5-16-15(13-8-12(4)19-10-13)9-14-6-7-18(17-14)11(2)3/h6-8,10-11,15-16H,5,9H2,1-4H3.